The van der Waals surface area contributed by atoms with E-state index < -0.39 is 0 Å². The summed E-state index contributed by atoms with van der Waals surface area (Å²) in [7, 11) is 0. The monoisotopic (exact) mass is 268 g/mol. The summed E-state index contributed by atoms with van der Waals surface area (Å²) in [6.07, 6.45) is 0.0365. The number of rotatable bonds is 4. The van der Waals surface area contributed by atoms with Crippen LogP contribution in [0.3, 0.4) is 0 Å². The molecule has 2 aromatic rings. The fraction of sp³-hybridized carbons (Fsp3) is 0.188. The Balaban J connectivity index is 2.27. The van der Waals surface area contributed by atoms with Crippen molar-refractivity contribution in [1.29, 1.82) is 5.26 Å². The lowest BCUT2D eigenvalue weighted by atomic mass is 10.2. The molecule has 0 aliphatic heterocycles. The molecule has 102 valence electrons. The molecule has 0 saturated carbocycles. The van der Waals surface area contributed by atoms with Crippen molar-refractivity contribution in [2.75, 3.05) is 5.73 Å². The van der Waals surface area contributed by atoms with Gasteiger partial charge in [0.15, 0.2) is 5.75 Å². The Morgan fingerprint density at radius 3 is 2.50 bits per heavy atom. The third-order valence-corrected chi connectivity index (χ3v) is 2.58. The van der Waals surface area contributed by atoms with Crippen LogP contribution in [0.15, 0.2) is 42.5 Å². The predicted molar refractivity (Wildman–Crippen MR) is 77.8 cm³/mol. The van der Waals surface area contributed by atoms with Crippen LogP contribution in [-0.2, 0) is 0 Å². The van der Waals surface area contributed by atoms with Crippen LogP contribution in [0.25, 0.3) is 0 Å². The number of ether oxygens (including phenoxy) is 2. The van der Waals surface area contributed by atoms with E-state index in [4.69, 9.17) is 20.5 Å². The minimum atomic E-state index is 0.0365. The van der Waals surface area contributed by atoms with Gasteiger partial charge in [-0.3, -0.25) is 0 Å². The van der Waals surface area contributed by atoms with E-state index in [2.05, 4.69) is 6.07 Å². The Bertz CT molecular complexity index is 645. The third kappa shape index (κ3) is 3.21. The molecule has 0 aliphatic rings. The third-order valence-electron chi connectivity index (χ3n) is 2.58. The van der Waals surface area contributed by atoms with E-state index in [-0.39, 0.29) is 6.10 Å². The van der Waals surface area contributed by atoms with Crippen LogP contribution in [0, 0.1) is 11.3 Å². The molecule has 0 spiro atoms. The zero-order valence-electron chi connectivity index (χ0n) is 11.5. The minimum absolute atomic E-state index is 0.0365. The summed E-state index contributed by atoms with van der Waals surface area (Å²) < 4.78 is 11.3. The summed E-state index contributed by atoms with van der Waals surface area (Å²) in [5.41, 5.74) is 7.02. The van der Waals surface area contributed by atoms with Gasteiger partial charge in [-0.1, -0.05) is 12.1 Å². The standard InChI is InChI=1S/C16H16N2O2/c1-11(2)19-14-7-4-8-15(16(14)18)20-13-6-3-5-12(9-13)10-17/h3-9,11H,18H2,1-2H3. The quantitative estimate of drug-likeness (QED) is 0.858. The van der Waals surface area contributed by atoms with Crippen LogP contribution in [0.5, 0.6) is 17.2 Å². The Morgan fingerprint density at radius 2 is 1.80 bits per heavy atom. The molecule has 0 fully saturated rings. The van der Waals surface area contributed by atoms with Gasteiger partial charge in [0, 0.05) is 0 Å². The largest absolute Gasteiger partial charge is 0.489 e. The zero-order chi connectivity index (χ0) is 14.5. The first-order valence-electron chi connectivity index (χ1n) is 6.33. The fourth-order valence-corrected chi connectivity index (χ4v) is 1.73. The van der Waals surface area contributed by atoms with Gasteiger partial charge in [-0.05, 0) is 44.2 Å². The molecule has 4 nitrogen and oxygen atoms in total. The van der Waals surface area contributed by atoms with Crippen LogP contribution < -0.4 is 15.2 Å². The highest BCUT2D eigenvalue weighted by Gasteiger charge is 2.09. The Kier molecular flexibility index (Phi) is 4.11. The van der Waals surface area contributed by atoms with Crippen molar-refractivity contribution in [2.45, 2.75) is 20.0 Å². The molecule has 0 bridgehead atoms. The number of nitrogen functional groups attached to an aromatic ring is 1. The van der Waals surface area contributed by atoms with Gasteiger partial charge in [0.1, 0.15) is 17.2 Å². The number of para-hydroxylation sites is 1. The van der Waals surface area contributed by atoms with Crippen molar-refractivity contribution in [3.05, 3.63) is 48.0 Å². The highest BCUT2D eigenvalue weighted by molar-refractivity contribution is 5.63. The van der Waals surface area contributed by atoms with Gasteiger partial charge in [-0.2, -0.15) is 5.26 Å². The van der Waals surface area contributed by atoms with E-state index in [1.807, 2.05) is 19.9 Å². The first kappa shape index (κ1) is 13.8. The van der Waals surface area contributed by atoms with Crippen LogP contribution in [0.2, 0.25) is 0 Å². The van der Waals surface area contributed by atoms with E-state index in [1.165, 1.54) is 0 Å². The summed E-state index contributed by atoms with van der Waals surface area (Å²) in [5, 5.41) is 8.88. The van der Waals surface area contributed by atoms with Gasteiger partial charge in [-0.15, -0.1) is 0 Å². The number of hydrogen-bond donors (Lipinski definition) is 1. The molecule has 2 rings (SSSR count). The predicted octanol–water partition coefficient (Wildman–Crippen LogP) is 3.72. The Labute approximate surface area is 118 Å². The Morgan fingerprint density at radius 1 is 1.10 bits per heavy atom. The second-order valence-corrected chi connectivity index (χ2v) is 4.58. The first-order valence-corrected chi connectivity index (χ1v) is 6.33. The highest BCUT2D eigenvalue weighted by atomic mass is 16.5. The van der Waals surface area contributed by atoms with Crippen molar-refractivity contribution >= 4 is 5.69 Å². The summed E-state index contributed by atoms with van der Waals surface area (Å²) in [6.45, 7) is 3.87. The lowest BCUT2D eigenvalue weighted by molar-refractivity contribution is 0.243. The molecular formula is C16H16N2O2. The van der Waals surface area contributed by atoms with Gasteiger partial charge in [-0.25, -0.2) is 0 Å². The lowest BCUT2D eigenvalue weighted by Gasteiger charge is -2.15. The molecule has 0 atom stereocenters. The topological polar surface area (TPSA) is 68.3 Å². The zero-order valence-corrected chi connectivity index (χ0v) is 11.5. The van der Waals surface area contributed by atoms with Crippen LogP contribution >= 0.6 is 0 Å². The van der Waals surface area contributed by atoms with Crippen molar-refractivity contribution < 1.29 is 9.47 Å². The second-order valence-electron chi connectivity index (χ2n) is 4.58. The van der Waals surface area contributed by atoms with E-state index >= 15 is 0 Å². The summed E-state index contributed by atoms with van der Waals surface area (Å²) >= 11 is 0. The molecule has 2 aromatic carbocycles. The maximum Gasteiger partial charge on any atom is 0.154 e. The highest BCUT2D eigenvalue weighted by Crippen LogP contribution is 2.35. The lowest BCUT2D eigenvalue weighted by Crippen LogP contribution is -2.07. The summed E-state index contributed by atoms with van der Waals surface area (Å²) in [5.74, 6) is 1.67. The molecule has 0 unspecified atom stereocenters. The van der Waals surface area contributed by atoms with Crippen molar-refractivity contribution in [3.63, 3.8) is 0 Å². The number of anilines is 1. The van der Waals surface area contributed by atoms with E-state index in [0.29, 0.717) is 28.5 Å². The first-order chi connectivity index (χ1) is 9.60. The van der Waals surface area contributed by atoms with Crippen molar-refractivity contribution in [2.24, 2.45) is 0 Å². The summed E-state index contributed by atoms with van der Waals surface area (Å²) in [4.78, 5) is 0. The molecule has 0 heterocycles. The molecular weight excluding hydrogens is 252 g/mol. The van der Waals surface area contributed by atoms with E-state index in [0.717, 1.165) is 0 Å². The molecule has 0 saturated heterocycles. The average Bonchev–Trinajstić information content (AvgIpc) is 2.43. The summed E-state index contributed by atoms with van der Waals surface area (Å²) in [6, 6.07) is 14.4. The molecule has 2 N–H and O–H groups in total. The van der Waals surface area contributed by atoms with Crippen molar-refractivity contribution in [1.82, 2.24) is 0 Å². The van der Waals surface area contributed by atoms with Gasteiger partial charge in [0.2, 0.25) is 0 Å². The molecule has 20 heavy (non-hydrogen) atoms. The van der Waals surface area contributed by atoms with Gasteiger partial charge in [0.25, 0.3) is 0 Å². The van der Waals surface area contributed by atoms with Crippen LogP contribution in [-0.4, -0.2) is 6.10 Å². The SMILES string of the molecule is CC(C)Oc1cccc(Oc2cccc(C#N)c2)c1N. The number of nitrogens with zero attached hydrogens (tertiary/aromatic N) is 1. The molecule has 0 radical (unpaired) electrons. The normalized spacial score (nSPS) is 10.1. The van der Waals surface area contributed by atoms with E-state index in [9.17, 15) is 0 Å². The minimum Gasteiger partial charge on any atom is -0.489 e. The number of nitriles is 1. The molecule has 4 heteroatoms. The maximum atomic E-state index is 8.88. The maximum absolute atomic E-state index is 8.88. The van der Waals surface area contributed by atoms with E-state index in [1.54, 1.807) is 36.4 Å². The molecule has 0 aliphatic carbocycles. The number of hydrogen-bond acceptors (Lipinski definition) is 4. The van der Waals surface area contributed by atoms with Crippen molar-refractivity contribution in [3.8, 4) is 23.3 Å². The second kappa shape index (κ2) is 5.98. The van der Waals surface area contributed by atoms with Crippen LogP contribution in [0.4, 0.5) is 5.69 Å². The Hall–Kier alpha value is -2.67. The van der Waals surface area contributed by atoms with Gasteiger partial charge < -0.3 is 15.2 Å². The molecule has 0 aromatic heterocycles. The van der Waals surface area contributed by atoms with Crippen LogP contribution in [0.1, 0.15) is 19.4 Å². The van der Waals surface area contributed by atoms with Gasteiger partial charge in [0.05, 0.1) is 17.7 Å². The van der Waals surface area contributed by atoms with Gasteiger partial charge >= 0.3 is 0 Å². The molecule has 0 amide bonds. The smallest absolute Gasteiger partial charge is 0.154 e. The number of nitrogens with two attached hydrogens (primary N) is 1. The fourth-order valence-electron chi connectivity index (χ4n) is 1.73. The number of benzene rings is 2. The average molecular weight is 268 g/mol.